The fraction of sp³-hybridized carbons (Fsp3) is 0. The van der Waals surface area contributed by atoms with Gasteiger partial charge in [-0.2, -0.15) is 0 Å². The Morgan fingerprint density at radius 1 is 0.871 bits per heavy atom. The number of nitrogens with zero attached hydrogens (tertiary/aromatic N) is 1. The number of pyridine rings is 1. The monoisotopic (exact) mass is 405 g/mol. The fourth-order valence-electron chi connectivity index (χ4n) is 3.89. The summed E-state index contributed by atoms with van der Waals surface area (Å²) in [5, 5.41) is 0.934. The summed E-state index contributed by atoms with van der Waals surface area (Å²) in [5.41, 5.74) is 13.5. The number of benzene rings is 3. The summed E-state index contributed by atoms with van der Waals surface area (Å²) in [4.78, 5) is 7.84. The number of fused-ring (bicyclic) bond motifs is 1. The fourth-order valence-corrected chi connectivity index (χ4v) is 3.89. The molecule has 0 spiro atoms. The third-order valence-corrected chi connectivity index (χ3v) is 5.49. The minimum absolute atomic E-state index is 0.246. The Kier molecular flexibility index (Phi) is 4.60. The number of halogens is 1. The molecule has 0 atom stereocenters. The van der Waals surface area contributed by atoms with E-state index in [1.54, 1.807) is 18.3 Å². The van der Waals surface area contributed by atoms with Gasteiger partial charge in [0.2, 0.25) is 0 Å². The van der Waals surface area contributed by atoms with Crippen LogP contribution in [0.15, 0.2) is 97.7 Å². The summed E-state index contributed by atoms with van der Waals surface area (Å²) < 4.78 is 14.4. The lowest BCUT2D eigenvalue weighted by molar-refractivity contribution is 0.631. The predicted molar refractivity (Wildman–Crippen MR) is 126 cm³/mol. The molecule has 31 heavy (non-hydrogen) atoms. The first kappa shape index (κ1) is 18.8. The minimum Gasteiger partial charge on any atom is -0.398 e. The number of anilines is 1. The van der Waals surface area contributed by atoms with Crippen LogP contribution in [0.1, 0.15) is 11.3 Å². The second-order valence-electron chi connectivity index (χ2n) is 7.43. The molecule has 0 fully saturated rings. The molecule has 0 aliphatic carbocycles. The molecular formula is C27H20FN3. The molecule has 3 aromatic carbocycles. The van der Waals surface area contributed by atoms with Gasteiger partial charge in [0.25, 0.3) is 0 Å². The number of hydrogen-bond acceptors (Lipinski definition) is 2. The molecule has 2 aromatic heterocycles. The molecule has 0 bridgehead atoms. The van der Waals surface area contributed by atoms with Gasteiger partial charge in [-0.25, -0.2) is 4.39 Å². The minimum atomic E-state index is -0.246. The van der Waals surface area contributed by atoms with Gasteiger partial charge in [0.15, 0.2) is 0 Å². The molecule has 0 amide bonds. The van der Waals surface area contributed by atoms with Crippen LogP contribution in [-0.2, 0) is 0 Å². The van der Waals surface area contributed by atoms with E-state index >= 15 is 0 Å². The standard InChI is InChI=1S/C27H20FN3/c1-17(21-15-18(12-13-24(21)29)25-10-4-5-14-30-25)27-16-22-19(8-6-11-26(22)31-27)20-7-2-3-9-23(20)28/h2-16,31H,1,29H2. The van der Waals surface area contributed by atoms with Gasteiger partial charge >= 0.3 is 0 Å². The summed E-state index contributed by atoms with van der Waals surface area (Å²) in [6.07, 6.45) is 1.77. The van der Waals surface area contributed by atoms with Gasteiger partial charge in [0, 0.05) is 50.7 Å². The van der Waals surface area contributed by atoms with Gasteiger partial charge in [-0.3, -0.25) is 4.98 Å². The SMILES string of the molecule is C=C(c1cc2c(-c3ccccc3F)cccc2[nH]1)c1cc(-c2ccccn2)ccc1N. The normalized spacial score (nSPS) is 11.0. The van der Waals surface area contributed by atoms with Crippen LogP contribution >= 0.6 is 0 Å². The average molecular weight is 405 g/mol. The van der Waals surface area contributed by atoms with E-state index in [0.29, 0.717) is 11.3 Å². The lowest BCUT2D eigenvalue weighted by atomic mass is 9.97. The van der Waals surface area contributed by atoms with Crippen molar-refractivity contribution in [2.24, 2.45) is 0 Å². The van der Waals surface area contributed by atoms with E-state index in [9.17, 15) is 4.39 Å². The van der Waals surface area contributed by atoms with Crippen LogP contribution in [-0.4, -0.2) is 9.97 Å². The zero-order valence-electron chi connectivity index (χ0n) is 16.8. The van der Waals surface area contributed by atoms with Crippen LogP contribution in [0, 0.1) is 5.82 Å². The lowest BCUT2D eigenvalue weighted by Crippen LogP contribution is -1.96. The summed E-state index contributed by atoms with van der Waals surface area (Å²) in [6, 6.07) is 26.3. The van der Waals surface area contributed by atoms with E-state index < -0.39 is 0 Å². The second-order valence-corrected chi connectivity index (χ2v) is 7.43. The smallest absolute Gasteiger partial charge is 0.131 e. The van der Waals surface area contributed by atoms with Crippen LogP contribution in [0.3, 0.4) is 0 Å². The van der Waals surface area contributed by atoms with Gasteiger partial charge in [0.05, 0.1) is 5.69 Å². The first-order chi connectivity index (χ1) is 15.1. The third-order valence-electron chi connectivity index (χ3n) is 5.49. The summed E-state index contributed by atoms with van der Waals surface area (Å²) >= 11 is 0. The summed E-state index contributed by atoms with van der Waals surface area (Å²) in [6.45, 7) is 4.30. The van der Waals surface area contributed by atoms with Crippen LogP contribution in [0.2, 0.25) is 0 Å². The van der Waals surface area contributed by atoms with Gasteiger partial charge in [-0.1, -0.05) is 49.0 Å². The topological polar surface area (TPSA) is 54.7 Å². The van der Waals surface area contributed by atoms with Crippen molar-refractivity contribution in [3.8, 4) is 22.4 Å². The van der Waals surface area contributed by atoms with Crippen molar-refractivity contribution in [2.45, 2.75) is 0 Å². The number of nitrogens with two attached hydrogens (primary N) is 1. The Morgan fingerprint density at radius 3 is 2.48 bits per heavy atom. The van der Waals surface area contributed by atoms with E-state index in [4.69, 9.17) is 5.73 Å². The number of H-pyrrole nitrogens is 1. The third kappa shape index (κ3) is 3.38. The van der Waals surface area contributed by atoms with Crippen molar-refractivity contribution >= 4 is 22.2 Å². The first-order valence-corrected chi connectivity index (χ1v) is 9.99. The van der Waals surface area contributed by atoms with Gasteiger partial charge in [-0.15, -0.1) is 0 Å². The maximum Gasteiger partial charge on any atom is 0.131 e. The Balaban J connectivity index is 1.60. The Bertz CT molecular complexity index is 1420. The highest BCUT2D eigenvalue weighted by Crippen LogP contribution is 2.35. The molecule has 3 nitrogen and oxygen atoms in total. The van der Waals surface area contributed by atoms with Crippen molar-refractivity contribution in [2.75, 3.05) is 5.73 Å². The van der Waals surface area contributed by atoms with Crippen molar-refractivity contribution in [1.82, 2.24) is 9.97 Å². The molecule has 3 N–H and O–H groups in total. The second kappa shape index (κ2) is 7.58. The molecule has 0 saturated carbocycles. The molecule has 0 unspecified atom stereocenters. The maximum atomic E-state index is 14.4. The van der Waals surface area contributed by atoms with E-state index in [1.165, 1.54) is 6.07 Å². The van der Waals surface area contributed by atoms with E-state index in [-0.39, 0.29) is 5.82 Å². The molecule has 5 rings (SSSR count). The Labute approximate surface area is 179 Å². The Morgan fingerprint density at radius 2 is 1.68 bits per heavy atom. The number of nitrogens with one attached hydrogen (secondary N) is 1. The molecule has 2 heterocycles. The molecule has 0 aliphatic rings. The molecular weight excluding hydrogens is 385 g/mol. The molecule has 0 radical (unpaired) electrons. The summed E-state index contributed by atoms with van der Waals surface area (Å²) in [5.74, 6) is -0.246. The highest BCUT2D eigenvalue weighted by atomic mass is 19.1. The summed E-state index contributed by atoms with van der Waals surface area (Å²) in [7, 11) is 0. The van der Waals surface area contributed by atoms with E-state index in [2.05, 4.69) is 16.5 Å². The number of aromatic nitrogens is 2. The molecule has 5 aromatic rings. The van der Waals surface area contributed by atoms with E-state index in [1.807, 2.05) is 66.7 Å². The first-order valence-electron chi connectivity index (χ1n) is 9.99. The van der Waals surface area contributed by atoms with Gasteiger partial charge < -0.3 is 10.7 Å². The van der Waals surface area contributed by atoms with E-state index in [0.717, 1.165) is 44.6 Å². The molecule has 0 saturated heterocycles. The average Bonchev–Trinajstić information content (AvgIpc) is 3.25. The van der Waals surface area contributed by atoms with Crippen LogP contribution in [0.25, 0.3) is 38.9 Å². The number of nitrogen functional groups attached to an aromatic ring is 1. The number of rotatable bonds is 4. The highest BCUT2D eigenvalue weighted by molar-refractivity contribution is 5.99. The van der Waals surface area contributed by atoms with Crippen LogP contribution < -0.4 is 5.73 Å². The Hall–Kier alpha value is -4.18. The molecule has 4 heteroatoms. The van der Waals surface area contributed by atoms with Crippen molar-refractivity contribution < 1.29 is 4.39 Å². The lowest BCUT2D eigenvalue weighted by Gasteiger charge is -2.10. The van der Waals surface area contributed by atoms with Gasteiger partial charge in [-0.05, 0) is 48.0 Å². The van der Waals surface area contributed by atoms with Crippen LogP contribution in [0.5, 0.6) is 0 Å². The largest absolute Gasteiger partial charge is 0.398 e. The number of aromatic amines is 1. The maximum absolute atomic E-state index is 14.4. The quantitative estimate of drug-likeness (QED) is 0.328. The predicted octanol–water partition coefficient (Wildman–Crippen LogP) is 6.68. The zero-order valence-corrected chi connectivity index (χ0v) is 16.8. The van der Waals surface area contributed by atoms with Gasteiger partial charge in [0.1, 0.15) is 5.82 Å². The van der Waals surface area contributed by atoms with Crippen molar-refractivity contribution in [3.63, 3.8) is 0 Å². The highest BCUT2D eigenvalue weighted by Gasteiger charge is 2.14. The van der Waals surface area contributed by atoms with Crippen molar-refractivity contribution in [3.05, 3.63) is 115 Å². The van der Waals surface area contributed by atoms with Crippen molar-refractivity contribution in [1.29, 1.82) is 0 Å². The zero-order chi connectivity index (χ0) is 21.4. The molecule has 0 aliphatic heterocycles. The molecule has 150 valence electrons. The number of hydrogen-bond donors (Lipinski definition) is 2. The van der Waals surface area contributed by atoms with Crippen LogP contribution in [0.4, 0.5) is 10.1 Å².